The Kier molecular flexibility index (Phi) is 19.7. The van der Waals surface area contributed by atoms with E-state index in [1.54, 1.807) is 0 Å². The zero-order valence-corrected chi connectivity index (χ0v) is 32.3. The summed E-state index contributed by atoms with van der Waals surface area (Å²) < 4.78 is 32.4. The lowest BCUT2D eigenvalue weighted by molar-refractivity contribution is 0.288. The van der Waals surface area contributed by atoms with E-state index in [0.29, 0.717) is 67.2 Å². The summed E-state index contributed by atoms with van der Waals surface area (Å²) in [5, 5.41) is 0.523. The normalized spacial score (nSPS) is 11.2. The van der Waals surface area contributed by atoms with Crippen molar-refractivity contribution in [2.24, 2.45) is 0 Å². The zero-order valence-electron chi connectivity index (χ0n) is 32.3. The molecule has 0 bridgehead atoms. The predicted octanol–water partition coefficient (Wildman–Crippen LogP) is 11.9. The molecule has 0 radical (unpaired) electrons. The van der Waals surface area contributed by atoms with Crippen molar-refractivity contribution in [3.8, 4) is 40.0 Å². The van der Waals surface area contributed by atoms with Crippen molar-refractivity contribution in [3.63, 3.8) is 0 Å². The second-order valence-electron chi connectivity index (χ2n) is 13.1. The molecule has 1 heterocycles. The van der Waals surface area contributed by atoms with Gasteiger partial charge in [-0.1, -0.05) is 103 Å². The number of aromatic nitrogens is 1. The molecule has 50 heavy (non-hydrogen) atoms. The third-order valence-corrected chi connectivity index (χ3v) is 9.22. The maximum absolute atomic E-state index is 14.3. The summed E-state index contributed by atoms with van der Waals surface area (Å²) in [6.07, 6.45) is 21.1. The number of rotatable bonds is 28. The first-order valence-electron chi connectivity index (χ1n) is 20.1. The number of aryl methyl sites for hydroxylation is 1. The van der Waals surface area contributed by atoms with Crippen molar-refractivity contribution in [3.05, 3.63) is 40.6 Å². The highest BCUT2D eigenvalue weighted by Crippen LogP contribution is 2.40. The maximum atomic E-state index is 14.3. The van der Waals surface area contributed by atoms with Gasteiger partial charge in [0.25, 0.3) is 0 Å². The Balaban J connectivity index is 1.81. The summed E-state index contributed by atoms with van der Waals surface area (Å²) >= 11 is 0. The van der Waals surface area contributed by atoms with Crippen LogP contribution in [0.25, 0.3) is 22.2 Å². The van der Waals surface area contributed by atoms with Crippen LogP contribution in [-0.2, 0) is 6.54 Å². The number of fused-ring (bicyclic) bond motifs is 1. The highest BCUT2D eigenvalue weighted by molar-refractivity contribution is 5.92. The molecule has 0 aliphatic heterocycles. The minimum atomic E-state index is -0.182. The number of hydrogen-bond donors (Lipinski definition) is 0. The molecule has 0 saturated carbocycles. The van der Waals surface area contributed by atoms with Gasteiger partial charge in [0.1, 0.15) is 11.5 Å². The Labute approximate surface area is 303 Å². The fraction of sp³-hybridized carbons (Fsp3) is 0.651. The quantitative estimate of drug-likeness (QED) is 0.0705. The lowest BCUT2D eigenvalue weighted by Crippen LogP contribution is -2.18. The summed E-state index contributed by atoms with van der Waals surface area (Å²) in [5.74, 6) is 2.86. The first-order chi connectivity index (χ1) is 24.5. The second-order valence-corrected chi connectivity index (χ2v) is 13.1. The van der Waals surface area contributed by atoms with Crippen LogP contribution in [0.3, 0.4) is 0 Å². The fourth-order valence-electron chi connectivity index (χ4n) is 6.81. The van der Waals surface area contributed by atoms with Gasteiger partial charge in [-0.15, -0.1) is 0 Å². The molecule has 0 saturated heterocycles. The molecule has 7 heteroatoms. The number of unbranched alkanes of at least 4 members (excludes halogenated alkanes) is 15. The summed E-state index contributed by atoms with van der Waals surface area (Å²) in [6.45, 7) is 15.1. The minimum absolute atomic E-state index is 0.182. The molecular formula is C43H67NO6. The van der Waals surface area contributed by atoms with E-state index in [1.807, 2.05) is 65.0 Å². The molecule has 0 N–H and O–H groups in total. The van der Waals surface area contributed by atoms with Crippen molar-refractivity contribution in [1.82, 2.24) is 4.57 Å². The Morgan fingerprint density at radius 1 is 0.500 bits per heavy atom. The number of ether oxygens (including phenoxy) is 5. The molecule has 0 aliphatic rings. The Hall–Kier alpha value is -3.35. The van der Waals surface area contributed by atoms with E-state index in [0.717, 1.165) is 36.2 Å². The van der Waals surface area contributed by atoms with Crippen LogP contribution in [0, 0.1) is 0 Å². The molecule has 0 amide bonds. The van der Waals surface area contributed by atoms with Crippen molar-refractivity contribution < 1.29 is 23.7 Å². The Bertz CT molecular complexity index is 1450. The minimum Gasteiger partial charge on any atom is -0.494 e. The molecule has 3 aromatic rings. The van der Waals surface area contributed by atoms with Gasteiger partial charge in [0, 0.05) is 24.2 Å². The van der Waals surface area contributed by atoms with Gasteiger partial charge in [-0.3, -0.25) is 4.79 Å². The molecule has 3 rings (SSSR count). The molecule has 2 aromatic carbocycles. The van der Waals surface area contributed by atoms with E-state index in [9.17, 15) is 4.79 Å². The van der Waals surface area contributed by atoms with Crippen LogP contribution in [-0.4, -0.2) is 37.6 Å². The molecule has 7 nitrogen and oxygen atoms in total. The second kappa shape index (κ2) is 23.9. The summed E-state index contributed by atoms with van der Waals surface area (Å²) in [5.41, 5.74) is 2.19. The van der Waals surface area contributed by atoms with E-state index in [4.69, 9.17) is 23.7 Å². The number of hydrogen-bond acceptors (Lipinski definition) is 6. The number of nitrogens with zero attached hydrogens (tertiary/aromatic N) is 1. The predicted molar refractivity (Wildman–Crippen MR) is 209 cm³/mol. The fourth-order valence-corrected chi connectivity index (χ4v) is 6.81. The van der Waals surface area contributed by atoms with Crippen LogP contribution in [0.4, 0.5) is 0 Å². The van der Waals surface area contributed by atoms with Crippen LogP contribution in [0.1, 0.15) is 144 Å². The van der Waals surface area contributed by atoms with Crippen molar-refractivity contribution in [2.75, 3.05) is 33.0 Å². The van der Waals surface area contributed by atoms with Crippen molar-refractivity contribution in [2.45, 2.75) is 151 Å². The van der Waals surface area contributed by atoms with Crippen LogP contribution >= 0.6 is 0 Å². The number of benzene rings is 2. The third kappa shape index (κ3) is 12.5. The molecule has 0 unspecified atom stereocenters. The lowest BCUT2D eigenvalue weighted by atomic mass is 10.0. The van der Waals surface area contributed by atoms with Gasteiger partial charge in [0.2, 0.25) is 5.43 Å². The molecule has 0 atom stereocenters. The molecule has 0 aliphatic carbocycles. The zero-order chi connectivity index (χ0) is 36.0. The Morgan fingerprint density at radius 2 is 1.00 bits per heavy atom. The van der Waals surface area contributed by atoms with Crippen LogP contribution in [0.5, 0.6) is 28.7 Å². The van der Waals surface area contributed by atoms with Gasteiger partial charge in [0.15, 0.2) is 17.2 Å². The van der Waals surface area contributed by atoms with E-state index in [1.165, 1.54) is 89.9 Å². The topological polar surface area (TPSA) is 68.2 Å². The van der Waals surface area contributed by atoms with Crippen LogP contribution in [0.15, 0.2) is 35.1 Å². The highest BCUT2D eigenvalue weighted by atomic mass is 16.5. The summed E-state index contributed by atoms with van der Waals surface area (Å²) in [4.78, 5) is 14.3. The Morgan fingerprint density at radius 3 is 1.54 bits per heavy atom. The van der Waals surface area contributed by atoms with E-state index < -0.39 is 0 Å². The maximum Gasteiger partial charge on any atom is 0.235 e. The SMILES string of the molecule is CCCCCCCCCCCCCCCCCCn1c(-c2ccc(OCC)c(OCC)c2)c(OCC)c(=O)c2c(OCC)cc(OCC)cc21. The van der Waals surface area contributed by atoms with Crippen LogP contribution < -0.4 is 29.1 Å². The van der Waals surface area contributed by atoms with Gasteiger partial charge in [0.05, 0.1) is 49.6 Å². The van der Waals surface area contributed by atoms with Crippen molar-refractivity contribution in [1.29, 1.82) is 0 Å². The average Bonchev–Trinajstić information content (AvgIpc) is 3.11. The third-order valence-electron chi connectivity index (χ3n) is 9.22. The summed E-state index contributed by atoms with van der Waals surface area (Å²) in [6, 6.07) is 9.70. The van der Waals surface area contributed by atoms with E-state index in [2.05, 4.69) is 11.5 Å². The molecule has 0 fully saturated rings. The largest absolute Gasteiger partial charge is 0.494 e. The monoisotopic (exact) mass is 693 g/mol. The first kappa shape index (κ1) is 41.1. The molecule has 0 spiro atoms. The lowest BCUT2D eigenvalue weighted by Gasteiger charge is -2.23. The smallest absolute Gasteiger partial charge is 0.235 e. The standard InChI is InChI=1S/C43H67NO6/c1-7-13-14-15-16-17-18-19-20-21-22-23-24-25-26-27-30-44-36-32-35(46-8-2)33-39(49-11-5)40(36)42(45)43(50-12-6)41(44)34-28-29-37(47-9-3)38(31-34)48-10-4/h28-29,31-33H,7-27,30H2,1-6H3. The highest BCUT2D eigenvalue weighted by Gasteiger charge is 2.24. The van der Waals surface area contributed by atoms with Crippen molar-refractivity contribution >= 4 is 10.9 Å². The van der Waals surface area contributed by atoms with Gasteiger partial charge < -0.3 is 28.3 Å². The summed E-state index contributed by atoms with van der Waals surface area (Å²) in [7, 11) is 0. The molecule has 1 aromatic heterocycles. The molecule has 280 valence electrons. The van der Waals surface area contributed by atoms with Crippen LogP contribution in [0.2, 0.25) is 0 Å². The van der Waals surface area contributed by atoms with Gasteiger partial charge in [-0.25, -0.2) is 0 Å². The van der Waals surface area contributed by atoms with Gasteiger partial charge in [-0.05, 0) is 59.2 Å². The first-order valence-corrected chi connectivity index (χ1v) is 20.1. The van der Waals surface area contributed by atoms with Gasteiger partial charge in [-0.2, -0.15) is 0 Å². The van der Waals surface area contributed by atoms with Gasteiger partial charge >= 0.3 is 0 Å². The molecular weight excluding hydrogens is 626 g/mol. The average molecular weight is 694 g/mol. The van der Waals surface area contributed by atoms with E-state index in [-0.39, 0.29) is 5.43 Å². The van der Waals surface area contributed by atoms with E-state index >= 15 is 0 Å². The number of pyridine rings is 1.